The smallest absolute Gasteiger partial charge is 0.241 e. The summed E-state index contributed by atoms with van der Waals surface area (Å²) in [5, 5.41) is 0. The van der Waals surface area contributed by atoms with Crippen LogP contribution in [-0.4, -0.2) is 28.7 Å². The van der Waals surface area contributed by atoms with E-state index in [0.29, 0.717) is 18.0 Å². The highest BCUT2D eigenvalue weighted by atomic mass is 32.2. The van der Waals surface area contributed by atoms with Gasteiger partial charge in [-0.05, 0) is 19.9 Å². The van der Waals surface area contributed by atoms with E-state index >= 15 is 0 Å². The summed E-state index contributed by atoms with van der Waals surface area (Å²) in [6.45, 7) is 4.38. The Hall–Kier alpha value is -0.430. The number of ether oxygens (including phenoxy) is 1. The van der Waals surface area contributed by atoms with Crippen molar-refractivity contribution in [3.05, 3.63) is 15.8 Å². The van der Waals surface area contributed by atoms with Gasteiger partial charge < -0.3 is 4.74 Å². The van der Waals surface area contributed by atoms with E-state index < -0.39 is 10.0 Å². The van der Waals surface area contributed by atoms with E-state index in [0.717, 1.165) is 9.75 Å². The first-order valence-corrected chi connectivity index (χ1v) is 6.83. The van der Waals surface area contributed by atoms with Crippen LogP contribution in [0, 0.1) is 13.8 Å². The maximum atomic E-state index is 11.8. The van der Waals surface area contributed by atoms with Crippen molar-refractivity contribution in [1.82, 2.24) is 4.72 Å². The molecule has 4 nitrogen and oxygen atoms in total. The summed E-state index contributed by atoms with van der Waals surface area (Å²) in [4.78, 5) is 2.19. The van der Waals surface area contributed by atoms with Gasteiger partial charge in [0, 0.05) is 23.4 Å². The third kappa shape index (κ3) is 3.27. The lowest BCUT2D eigenvalue weighted by atomic mass is 10.4. The molecule has 0 aliphatic rings. The van der Waals surface area contributed by atoms with Crippen LogP contribution in [0.1, 0.15) is 9.75 Å². The number of aryl methyl sites for hydroxylation is 2. The van der Waals surface area contributed by atoms with Gasteiger partial charge in [0.2, 0.25) is 10.0 Å². The zero-order chi connectivity index (χ0) is 11.5. The normalized spacial score (nSPS) is 11.9. The van der Waals surface area contributed by atoms with E-state index in [1.165, 1.54) is 18.4 Å². The Kier molecular flexibility index (Phi) is 4.27. The van der Waals surface area contributed by atoms with E-state index in [9.17, 15) is 8.42 Å². The number of nitrogens with one attached hydrogen (secondary N) is 1. The van der Waals surface area contributed by atoms with E-state index in [1.807, 2.05) is 13.8 Å². The van der Waals surface area contributed by atoms with Crippen molar-refractivity contribution in [3.63, 3.8) is 0 Å². The molecule has 0 spiro atoms. The molecule has 15 heavy (non-hydrogen) atoms. The van der Waals surface area contributed by atoms with Gasteiger partial charge in [0.15, 0.2) is 0 Å². The van der Waals surface area contributed by atoms with E-state index in [2.05, 4.69) is 4.72 Å². The van der Waals surface area contributed by atoms with Crippen molar-refractivity contribution in [2.45, 2.75) is 18.7 Å². The second-order valence-corrected chi connectivity index (χ2v) is 6.36. The van der Waals surface area contributed by atoms with Gasteiger partial charge in [0.25, 0.3) is 0 Å². The standard InChI is InChI=1S/C9H15NO3S2/c1-7-6-9(8(2)14-7)15(11,12)10-4-5-13-3/h6,10H,4-5H2,1-3H3. The van der Waals surface area contributed by atoms with Gasteiger partial charge in [-0.25, -0.2) is 13.1 Å². The highest BCUT2D eigenvalue weighted by Crippen LogP contribution is 2.24. The molecule has 0 saturated carbocycles. The van der Waals surface area contributed by atoms with Crippen molar-refractivity contribution < 1.29 is 13.2 Å². The summed E-state index contributed by atoms with van der Waals surface area (Å²) in [6, 6.07) is 1.69. The van der Waals surface area contributed by atoms with Crippen molar-refractivity contribution in [2.75, 3.05) is 20.3 Å². The van der Waals surface area contributed by atoms with Gasteiger partial charge in [-0.1, -0.05) is 0 Å². The maximum Gasteiger partial charge on any atom is 0.241 e. The molecule has 0 atom stereocenters. The highest BCUT2D eigenvalue weighted by Gasteiger charge is 2.18. The van der Waals surface area contributed by atoms with Gasteiger partial charge in [-0.3, -0.25) is 0 Å². The largest absolute Gasteiger partial charge is 0.383 e. The van der Waals surface area contributed by atoms with Crippen LogP contribution >= 0.6 is 11.3 Å². The molecule has 0 fully saturated rings. The molecule has 0 aromatic carbocycles. The molecule has 1 aromatic heterocycles. The molecule has 6 heteroatoms. The molecule has 0 aliphatic heterocycles. The SMILES string of the molecule is COCCNS(=O)(=O)c1cc(C)sc1C. The summed E-state index contributed by atoms with van der Waals surface area (Å²) in [7, 11) is -1.83. The van der Waals surface area contributed by atoms with Crippen molar-refractivity contribution >= 4 is 21.4 Å². The Morgan fingerprint density at radius 1 is 1.47 bits per heavy atom. The molecule has 1 N–H and O–H groups in total. The predicted octanol–water partition coefficient (Wildman–Crippen LogP) is 1.29. The van der Waals surface area contributed by atoms with E-state index in [4.69, 9.17) is 4.74 Å². The molecule has 1 rings (SSSR count). The molecule has 0 radical (unpaired) electrons. The average Bonchev–Trinajstić information content (AvgIpc) is 2.46. The lowest BCUT2D eigenvalue weighted by Gasteiger charge is -2.04. The first kappa shape index (κ1) is 12.6. The fourth-order valence-electron chi connectivity index (χ4n) is 1.23. The minimum absolute atomic E-state index is 0.299. The van der Waals surface area contributed by atoms with Crippen LogP contribution in [0.15, 0.2) is 11.0 Å². The topological polar surface area (TPSA) is 55.4 Å². The summed E-state index contributed by atoms with van der Waals surface area (Å²) in [5.74, 6) is 0. The number of methoxy groups -OCH3 is 1. The number of thiophene rings is 1. The number of hydrogen-bond acceptors (Lipinski definition) is 4. The van der Waals surface area contributed by atoms with Crippen LogP contribution in [0.5, 0.6) is 0 Å². The summed E-state index contributed by atoms with van der Waals surface area (Å²) in [6.07, 6.45) is 0. The molecule has 0 bridgehead atoms. The van der Waals surface area contributed by atoms with Gasteiger partial charge in [-0.2, -0.15) is 0 Å². The van der Waals surface area contributed by atoms with Crippen LogP contribution in [0.4, 0.5) is 0 Å². The summed E-state index contributed by atoms with van der Waals surface area (Å²) < 4.78 is 30.8. The van der Waals surface area contributed by atoms with E-state index in [-0.39, 0.29) is 0 Å². The van der Waals surface area contributed by atoms with Crippen LogP contribution < -0.4 is 4.72 Å². The van der Waals surface area contributed by atoms with Gasteiger partial charge in [0.05, 0.1) is 11.5 Å². The third-order valence-corrected chi connectivity index (χ3v) is 4.57. The second-order valence-electron chi connectivity index (χ2n) is 3.17. The lowest BCUT2D eigenvalue weighted by Crippen LogP contribution is -2.27. The monoisotopic (exact) mass is 249 g/mol. The zero-order valence-corrected chi connectivity index (χ0v) is 10.7. The minimum atomic E-state index is -3.36. The van der Waals surface area contributed by atoms with Crippen molar-refractivity contribution in [1.29, 1.82) is 0 Å². The Bertz CT molecular complexity index is 423. The highest BCUT2D eigenvalue weighted by molar-refractivity contribution is 7.89. The fraction of sp³-hybridized carbons (Fsp3) is 0.556. The first-order chi connectivity index (χ1) is 6.97. The van der Waals surface area contributed by atoms with Gasteiger partial charge in [-0.15, -0.1) is 11.3 Å². The second kappa shape index (κ2) is 5.07. The first-order valence-electron chi connectivity index (χ1n) is 4.53. The van der Waals surface area contributed by atoms with Crippen molar-refractivity contribution in [2.24, 2.45) is 0 Å². The molecule has 0 amide bonds. The zero-order valence-electron chi connectivity index (χ0n) is 9.03. The quantitative estimate of drug-likeness (QED) is 0.800. The van der Waals surface area contributed by atoms with Gasteiger partial charge >= 0.3 is 0 Å². The molecule has 0 unspecified atom stereocenters. The molecular weight excluding hydrogens is 234 g/mol. The Balaban J connectivity index is 2.82. The maximum absolute atomic E-state index is 11.8. The summed E-state index contributed by atoms with van der Waals surface area (Å²) in [5.41, 5.74) is 0. The Morgan fingerprint density at radius 2 is 2.13 bits per heavy atom. The van der Waals surface area contributed by atoms with E-state index in [1.54, 1.807) is 6.07 Å². The molecule has 0 aliphatic carbocycles. The predicted molar refractivity (Wildman–Crippen MR) is 60.9 cm³/mol. The molecule has 1 aromatic rings. The van der Waals surface area contributed by atoms with Crippen LogP contribution in [0.25, 0.3) is 0 Å². The lowest BCUT2D eigenvalue weighted by molar-refractivity contribution is 0.204. The average molecular weight is 249 g/mol. The summed E-state index contributed by atoms with van der Waals surface area (Å²) >= 11 is 1.48. The van der Waals surface area contributed by atoms with Crippen LogP contribution in [-0.2, 0) is 14.8 Å². The molecule has 1 heterocycles. The number of sulfonamides is 1. The third-order valence-electron chi connectivity index (χ3n) is 1.88. The van der Waals surface area contributed by atoms with Crippen LogP contribution in [0.3, 0.4) is 0 Å². The Morgan fingerprint density at radius 3 is 2.60 bits per heavy atom. The molecule has 86 valence electrons. The Labute approximate surface area is 94.3 Å². The van der Waals surface area contributed by atoms with Gasteiger partial charge in [0.1, 0.15) is 0 Å². The molecular formula is C9H15NO3S2. The number of hydrogen-bond donors (Lipinski definition) is 1. The fourth-order valence-corrected chi connectivity index (χ4v) is 3.80. The molecule has 0 saturated heterocycles. The minimum Gasteiger partial charge on any atom is -0.383 e. The van der Waals surface area contributed by atoms with Crippen molar-refractivity contribution in [3.8, 4) is 0 Å². The van der Waals surface area contributed by atoms with Crippen LogP contribution in [0.2, 0.25) is 0 Å². The number of rotatable bonds is 5.